The number of rotatable bonds is 8. The largest absolute Gasteiger partial charge is 0.502 e. The Morgan fingerprint density at radius 1 is 1.44 bits per heavy atom. The summed E-state index contributed by atoms with van der Waals surface area (Å²) in [7, 11) is 1.71. The van der Waals surface area contributed by atoms with Crippen LogP contribution in [0, 0.1) is 6.92 Å². The van der Waals surface area contributed by atoms with Crippen molar-refractivity contribution < 1.29 is 9.47 Å². The fourth-order valence-electron chi connectivity index (χ4n) is 1.84. The molecule has 0 heterocycles. The van der Waals surface area contributed by atoms with Gasteiger partial charge in [0.15, 0.2) is 0 Å². The highest BCUT2D eigenvalue weighted by Crippen LogP contribution is 2.25. The molecule has 0 saturated carbocycles. The van der Waals surface area contributed by atoms with Crippen molar-refractivity contribution in [3.05, 3.63) is 42.2 Å². The van der Waals surface area contributed by atoms with Gasteiger partial charge in [-0.05, 0) is 38.4 Å². The van der Waals surface area contributed by atoms with Crippen LogP contribution in [0.4, 0.5) is 0 Å². The molecule has 0 aromatic heterocycles. The quantitative estimate of drug-likeness (QED) is 0.567. The summed E-state index contributed by atoms with van der Waals surface area (Å²) in [6.07, 6.45) is 2.44. The number of ether oxygens (including phenoxy) is 2. The molecule has 3 heteroatoms. The van der Waals surface area contributed by atoms with Gasteiger partial charge in [-0.1, -0.05) is 18.7 Å². The summed E-state index contributed by atoms with van der Waals surface area (Å²) in [4.78, 5) is 0. The van der Waals surface area contributed by atoms with Crippen LogP contribution in [-0.4, -0.2) is 20.3 Å². The summed E-state index contributed by atoms with van der Waals surface area (Å²) < 4.78 is 10.5. The summed E-state index contributed by atoms with van der Waals surface area (Å²) in [5.41, 5.74) is 2.40. The van der Waals surface area contributed by atoms with Crippen LogP contribution in [-0.2, 0) is 4.74 Å². The minimum absolute atomic E-state index is 0.268. The molecule has 18 heavy (non-hydrogen) atoms. The Bertz CT molecular complexity index is 377. The van der Waals surface area contributed by atoms with Gasteiger partial charge < -0.3 is 14.8 Å². The van der Waals surface area contributed by atoms with Gasteiger partial charge in [0, 0.05) is 11.6 Å². The molecule has 0 amide bonds. The van der Waals surface area contributed by atoms with E-state index in [-0.39, 0.29) is 6.04 Å². The lowest BCUT2D eigenvalue weighted by atomic mass is 10.0. The third kappa shape index (κ3) is 4.41. The Labute approximate surface area is 110 Å². The molecule has 1 aromatic carbocycles. The average Bonchev–Trinajstić information content (AvgIpc) is 2.38. The lowest BCUT2D eigenvalue weighted by Crippen LogP contribution is -2.21. The first-order chi connectivity index (χ1) is 8.69. The van der Waals surface area contributed by atoms with Gasteiger partial charge in [0.25, 0.3) is 0 Å². The molecule has 1 aromatic rings. The number of methoxy groups -OCH3 is 1. The van der Waals surface area contributed by atoms with E-state index >= 15 is 0 Å². The van der Waals surface area contributed by atoms with Crippen molar-refractivity contribution in [2.75, 3.05) is 20.3 Å². The molecule has 0 radical (unpaired) electrons. The topological polar surface area (TPSA) is 30.5 Å². The van der Waals surface area contributed by atoms with E-state index in [1.165, 1.54) is 17.4 Å². The standard InChI is InChI=1S/C15H23NO2/c1-5-18-10-6-9-16-13(3)14-8-7-12(2)11-15(14)17-4/h5,7-8,11,13,16H,1,6,9-10H2,2-4H3. The molecule has 0 aliphatic heterocycles. The van der Waals surface area contributed by atoms with E-state index in [4.69, 9.17) is 9.47 Å². The molecule has 0 bridgehead atoms. The summed E-state index contributed by atoms with van der Waals surface area (Å²) >= 11 is 0. The second-order valence-electron chi connectivity index (χ2n) is 4.31. The smallest absolute Gasteiger partial charge is 0.123 e. The normalized spacial score (nSPS) is 11.9. The van der Waals surface area contributed by atoms with Crippen molar-refractivity contribution in [2.24, 2.45) is 0 Å². The highest BCUT2D eigenvalue weighted by atomic mass is 16.5. The van der Waals surface area contributed by atoms with E-state index in [0.29, 0.717) is 6.61 Å². The predicted molar refractivity (Wildman–Crippen MR) is 74.9 cm³/mol. The molecular weight excluding hydrogens is 226 g/mol. The molecule has 1 atom stereocenters. The van der Waals surface area contributed by atoms with Crippen molar-refractivity contribution >= 4 is 0 Å². The molecule has 0 fully saturated rings. The maximum Gasteiger partial charge on any atom is 0.123 e. The van der Waals surface area contributed by atoms with Crippen LogP contribution in [0.1, 0.15) is 30.5 Å². The van der Waals surface area contributed by atoms with E-state index in [9.17, 15) is 0 Å². The van der Waals surface area contributed by atoms with Crippen molar-refractivity contribution in [1.29, 1.82) is 0 Å². The van der Waals surface area contributed by atoms with Crippen molar-refractivity contribution in [2.45, 2.75) is 26.3 Å². The first-order valence-corrected chi connectivity index (χ1v) is 6.29. The molecule has 0 aliphatic rings. The molecule has 100 valence electrons. The van der Waals surface area contributed by atoms with Crippen LogP contribution in [0.5, 0.6) is 5.75 Å². The van der Waals surface area contributed by atoms with Crippen LogP contribution in [0.25, 0.3) is 0 Å². The molecule has 0 aliphatic carbocycles. The highest BCUT2D eigenvalue weighted by molar-refractivity contribution is 5.38. The van der Waals surface area contributed by atoms with E-state index in [1.54, 1.807) is 7.11 Å². The SMILES string of the molecule is C=COCCCNC(C)c1ccc(C)cc1OC. The fraction of sp³-hybridized carbons (Fsp3) is 0.467. The Morgan fingerprint density at radius 2 is 2.22 bits per heavy atom. The summed E-state index contributed by atoms with van der Waals surface area (Å²) in [5, 5.41) is 3.46. The molecular formula is C15H23NO2. The minimum Gasteiger partial charge on any atom is -0.502 e. The zero-order chi connectivity index (χ0) is 13.4. The van der Waals surface area contributed by atoms with Gasteiger partial charge >= 0.3 is 0 Å². The number of aryl methyl sites for hydroxylation is 1. The van der Waals surface area contributed by atoms with Gasteiger partial charge in [-0.25, -0.2) is 0 Å². The van der Waals surface area contributed by atoms with Gasteiger partial charge in [-0.3, -0.25) is 0 Å². The summed E-state index contributed by atoms with van der Waals surface area (Å²) in [6.45, 7) is 9.33. The number of benzene rings is 1. The van der Waals surface area contributed by atoms with Crippen LogP contribution in [0.15, 0.2) is 31.0 Å². The molecule has 0 spiro atoms. The van der Waals surface area contributed by atoms with Crippen LogP contribution in [0.3, 0.4) is 0 Å². The predicted octanol–water partition coefficient (Wildman–Crippen LogP) is 3.20. The average molecular weight is 249 g/mol. The van der Waals surface area contributed by atoms with Gasteiger partial charge in [0.05, 0.1) is 20.0 Å². The van der Waals surface area contributed by atoms with Gasteiger partial charge in [0.1, 0.15) is 5.75 Å². The zero-order valence-corrected chi connectivity index (χ0v) is 11.5. The van der Waals surface area contributed by atoms with Crippen LogP contribution in [0.2, 0.25) is 0 Å². The van der Waals surface area contributed by atoms with Gasteiger partial charge in [0.2, 0.25) is 0 Å². The highest BCUT2D eigenvalue weighted by Gasteiger charge is 2.10. The molecule has 0 saturated heterocycles. The molecule has 1 unspecified atom stereocenters. The molecule has 3 nitrogen and oxygen atoms in total. The number of hydrogen-bond donors (Lipinski definition) is 1. The lowest BCUT2D eigenvalue weighted by Gasteiger charge is -2.17. The minimum atomic E-state index is 0.268. The first kappa shape index (κ1) is 14.6. The summed E-state index contributed by atoms with van der Waals surface area (Å²) in [6, 6.07) is 6.56. The maximum atomic E-state index is 5.41. The second kappa shape index (κ2) is 7.77. The fourth-order valence-corrected chi connectivity index (χ4v) is 1.84. The number of nitrogens with one attached hydrogen (secondary N) is 1. The Kier molecular flexibility index (Phi) is 6.29. The molecule has 1 rings (SSSR count). The van der Waals surface area contributed by atoms with Crippen molar-refractivity contribution in [3.8, 4) is 5.75 Å². The summed E-state index contributed by atoms with van der Waals surface area (Å²) in [5.74, 6) is 0.942. The Morgan fingerprint density at radius 3 is 2.89 bits per heavy atom. The Hall–Kier alpha value is -1.48. The first-order valence-electron chi connectivity index (χ1n) is 6.29. The van der Waals surface area contributed by atoms with Crippen molar-refractivity contribution in [3.63, 3.8) is 0 Å². The van der Waals surface area contributed by atoms with Crippen molar-refractivity contribution in [1.82, 2.24) is 5.32 Å². The van der Waals surface area contributed by atoms with Gasteiger partial charge in [-0.2, -0.15) is 0 Å². The van der Waals surface area contributed by atoms with E-state index < -0.39 is 0 Å². The lowest BCUT2D eigenvalue weighted by molar-refractivity contribution is 0.243. The second-order valence-corrected chi connectivity index (χ2v) is 4.31. The van der Waals surface area contributed by atoms with Gasteiger partial charge in [-0.15, -0.1) is 0 Å². The maximum absolute atomic E-state index is 5.41. The zero-order valence-electron chi connectivity index (χ0n) is 11.5. The monoisotopic (exact) mass is 249 g/mol. The van der Waals surface area contributed by atoms with Crippen LogP contribution < -0.4 is 10.1 Å². The van der Waals surface area contributed by atoms with E-state index in [0.717, 1.165) is 18.7 Å². The third-order valence-electron chi connectivity index (χ3n) is 2.86. The number of hydrogen-bond acceptors (Lipinski definition) is 3. The van der Waals surface area contributed by atoms with E-state index in [2.05, 4.69) is 43.9 Å². The molecule has 1 N–H and O–H groups in total. The van der Waals surface area contributed by atoms with Crippen LogP contribution >= 0.6 is 0 Å². The van der Waals surface area contributed by atoms with E-state index in [1.807, 2.05) is 0 Å². The Balaban J connectivity index is 2.50. The third-order valence-corrected chi connectivity index (χ3v) is 2.86.